The van der Waals surface area contributed by atoms with Crippen LogP contribution in [-0.4, -0.2) is 13.7 Å². The van der Waals surface area contributed by atoms with Gasteiger partial charge in [-0.25, -0.2) is 0 Å². The first-order chi connectivity index (χ1) is 8.36. The first-order valence-electron chi connectivity index (χ1n) is 5.74. The summed E-state index contributed by atoms with van der Waals surface area (Å²) in [7, 11) is 1.69. The lowest BCUT2D eigenvalue weighted by Gasteiger charge is -2.18. The predicted octanol–water partition coefficient (Wildman–Crippen LogP) is 2.79. The summed E-state index contributed by atoms with van der Waals surface area (Å²) in [5, 5.41) is 0. The molecule has 2 nitrogen and oxygen atoms in total. The van der Waals surface area contributed by atoms with E-state index in [-0.39, 0.29) is 5.92 Å². The summed E-state index contributed by atoms with van der Waals surface area (Å²) in [5.74, 6) is 1.08. The van der Waals surface area contributed by atoms with Crippen LogP contribution in [0.2, 0.25) is 0 Å². The lowest BCUT2D eigenvalue weighted by molar-refractivity contribution is 0.407. The minimum atomic E-state index is 0.187. The van der Waals surface area contributed by atoms with Crippen molar-refractivity contribution in [3.8, 4) is 5.75 Å². The fraction of sp³-hybridized carbons (Fsp3) is 0.200. The highest BCUT2D eigenvalue weighted by molar-refractivity contribution is 5.42. The molecule has 2 aromatic carbocycles. The molecule has 0 heterocycles. The van der Waals surface area contributed by atoms with Crippen molar-refractivity contribution >= 4 is 0 Å². The summed E-state index contributed by atoms with van der Waals surface area (Å²) < 4.78 is 5.39. The molecule has 0 radical (unpaired) electrons. The van der Waals surface area contributed by atoms with Gasteiger partial charge in [0.1, 0.15) is 5.75 Å². The van der Waals surface area contributed by atoms with Crippen LogP contribution in [-0.2, 0) is 0 Å². The Labute approximate surface area is 102 Å². The lowest BCUT2D eigenvalue weighted by Crippen LogP contribution is -2.14. The highest BCUT2D eigenvalue weighted by Crippen LogP contribution is 2.30. The SMILES string of the molecule is COc1ccccc1C(CN)c1ccccc1. The van der Waals surface area contributed by atoms with E-state index in [0.717, 1.165) is 11.3 Å². The Morgan fingerprint density at radius 2 is 1.65 bits per heavy atom. The fourth-order valence-electron chi connectivity index (χ4n) is 2.08. The second-order valence-electron chi connectivity index (χ2n) is 3.94. The van der Waals surface area contributed by atoms with Crippen LogP contribution >= 0.6 is 0 Å². The third-order valence-corrected chi connectivity index (χ3v) is 2.95. The van der Waals surface area contributed by atoms with E-state index in [1.54, 1.807) is 7.11 Å². The molecule has 0 aromatic heterocycles. The number of methoxy groups -OCH3 is 1. The molecule has 88 valence electrons. The number of benzene rings is 2. The van der Waals surface area contributed by atoms with Crippen molar-refractivity contribution in [3.05, 3.63) is 65.7 Å². The Morgan fingerprint density at radius 3 is 2.29 bits per heavy atom. The van der Waals surface area contributed by atoms with Crippen LogP contribution in [0.25, 0.3) is 0 Å². The van der Waals surface area contributed by atoms with Crippen molar-refractivity contribution in [1.82, 2.24) is 0 Å². The summed E-state index contributed by atoms with van der Waals surface area (Å²) in [6.45, 7) is 0.574. The van der Waals surface area contributed by atoms with E-state index in [4.69, 9.17) is 10.5 Å². The van der Waals surface area contributed by atoms with Gasteiger partial charge in [-0.1, -0.05) is 48.5 Å². The molecule has 0 bridgehead atoms. The smallest absolute Gasteiger partial charge is 0.122 e. The van der Waals surface area contributed by atoms with Crippen molar-refractivity contribution < 1.29 is 4.74 Å². The summed E-state index contributed by atoms with van der Waals surface area (Å²) in [6, 6.07) is 18.3. The second-order valence-corrected chi connectivity index (χ2v) is 3.94. The van der Waals surface area contributed by atoms with Crippen LogP contribution in [0.15, 0.2) is 54.6 Å². The van der Waals surface area contributed by atoms with Gasteiger partial charge in [-0.2, -0.15) is 0 Å². The molecule has 1 atom stereocenters. The molecule has 2 aromatic rings. The number of ether oxygens (including phenoxy) is 1. The minimum absolute atomic E-state index is 0.187. The van der Waals surface area contributed by atoms with Gasteiger partial charge in [0, 0.05) is 18.0 Å². The summed E-state index contributed by atoms with van der Waals surface area (Å²) in [4.78, 5) is 0. The van der Waals surface area contributed by atoms with E-state index in [2.05, 4.69) is 18.2 Å². The number of nitrogens with two attached hydrogens (primary N) is 1. The molecule has 0 aliphatic rings. The Balaban J connectivity index is 2.42. The summed E-state index contributed by atoms with van der Waals surface area (Å²) in [6.07, 6.45) is 0. The summed E-state index contributed by atoms with van der Waals surface area (Å²) >= 11 is 0. The maximum absolute atomic E-state index is 5.90. The lowest BCUT2D eigenvalue weighted by atomic mass is 9.91. The molecule has 0 aliphatic heterocycles. The van der Waals surface area contributed by atoms with Gasteiger partial charge >= 0.3 is 0 Å². The standard InChI is InChI=1S/C15H17NO/c1-17-15-10-6-5-9-13(15)14(11-16)12-7-3-2-4-8-12/h2-10,14H,11,16H2,1H3. The molecule has 0 aliphatic carbocycles. The number of rotatable bonds is 4. The summed E-state index contributed by atoms with van der Waals surface area (Å²) in [5.41, 5.74) is 8.27. The van der Waals surface area contributed by atoms with Gasteiger partial charge in [-0.15, -0.1) is 0 Å². The van der Waals surface area contributed by atoms with Crippen LogP contribution in [0, 0.1) is 0 Å². The maximum atomic E-state index is 5.90. The highest BCUT2D eigenvalue weighted by atomic mass is 16.5. The Hall–Kier alpha value is -1.80. The first-order valence-corrected chi connectivity index (χ1v) is 5.74. The average Bonchev–Trinajstić information content (AvgIpc) is 2.41. The van der Waals surface area contributed by atoms with Crippen LogP contribution in [0.4, 0.5) is 0 Å². The van der Waals surface area contributed by atoms with E-state index in [0.29, 0.717) is 6.54 Å². The van der Waals surface area contributed by atoms with Crippen LogP contribution in [0.3, 0.4) is 0 Å². The Bertz CT molecular complexity index is 467. The van der Waals surface area contributed by atoms with E-state index in [9.17, 15) is 0 Å². The third-order valence-electron chi connectivity index (χ3n) is 2.95. The maximum Gasteiger partial charge on any atom is 0.122 e. The van der Waals surface area contributed by atoms with Gasteiger partial charge in [-0.05, 0) is 11.6 Å². The molecule has 0 amide bonds. The molecular weight excluding hydrogens is 210 g/mol. The van der Waals surface area contributed by atoms with E-state index < -0.39 is 0 Å². The molecule has 0 spiro atoms. The molecule has 0 fully saturated rings. The number of para-hydroxylation sites is 1. The van der Waals surface area contributed by atoms with Crippen molar-refractivity contribution in [2.24, 2.45) is 5.73 Å². The zero-order chi connectivity index (χ0) is 12.1. The van der Waals surface area contributed by atoms with Crippen molar-refractivity contribution in [2.75, 3.05) is 13.7 Å². The zero-order valence-corrected chi connectivity index (χ0v) is 9.97. The third kappa shape index (κ3) is 2.48. The van der Waals surface area contributed by atoms with E-state index in [1.807, 2.05) is 36.4 Å². The zero-order valence-electron chi connectivity index (χ0n) is 9.97. The highest BCUT2D eigenvalue weighted by Gasteiger charge is 2.15. The van der Waals surface area contributed by atoms with E-state index in [1.165, 1.54) is 5.56 Å². The van der Waals surface area contributed by atoms with Crippen molar-refractivity contribution in [2.45, 2.75) is 5.92 Å². The second kappa shape index (κ2) is 5.51. The van der Waals surface area contributed by atoms with Crippen LogP contribution < -0.4 is 10.5 Å². The molecule has 1 unspecified atom stereocenters. The number of hydrogen-bond donors (Lipinski definition) is 1. The topological polar surface area (TPSA) is 35.2 Å². The quantitative estimate of drug-likeness (QED) is 0.871. The first kappa shape index (κ1) is 11.7. The van der Waals surface area contributed by atoms with Crippen molar-refractivity contribution in [1.29, 1.82) is 0 Å². The van der Waals surface area contributed by atoms with Gasteiger partial charge in [0.05, 0.1) is 7.11 Å². The monoisotopic (exact) mass is 227 g/mol. The minimum Gasteiger partial charge on any atom is -0.496 e. The van der Waals surface area contributed by atoms with Gasteiger partial charge in [0.15, 0.2) is 0 Å². The van der Waals surface area contributed by atoms with Crippen molar-refractivity contribution in [3.63, 3.8) is 0 Å². The molecule has 2 heteroatoms. The molecule has 0 saturated heterocycles. The van der Waals surface area contributed by atoms with Crippen LogP contribution in [0.5, 0.6) is 5.75 Å². The Morgan fingerprint density at radius 1 is 1.00 bits per heavy atom. The molecule has 17 heavy (non-hydrogen) atoms. The molecule has 2 N–H and O–H groups in total. The average molecular weight is 227 g/mol. The van der Waals surface area contributed by atoms with Gasteiger partial charge < -0.3 is 10.5 Å². The molecular formula is C15H17NO. The van der Waals surface area contributed by atoms with Crippen LogP contribution in [0.1, 0.15) is 17.0 Å². The normalized spacial score (nSPS) is 12.1. The number of hydrogen-bond acceptors (Lipinski definition) is 2. The fourth-order valence-corrected chi connectivity index (χ4v) is 2.08. The predicted molar refractivity (Wildman–Crippen MR) is 70.3 cm³/mol. The Kier molecular flexibility index (Phi) is 3.78. The molecule has 2 rings (SSSR count). The largest absolute Gasteiger partial charge is 0.496 e. The van der Waals surface area contributed by atoms with Gasteiger partial charge in [0.2, 0.25) is 0 Å². The van der Waals surface area contributed by atoms with E-state index >= 15 is 0 Å². The molecule has 0 saturated carbocycles. The van der Waals surface area contributed by atoms with Gasteiger partial charge in [0.25, 0.3) is 0 Å². The van der Waals surface area contributed by atoms with Gasteiger partial charge in [-0.3, -0.25) is 0 Å².